The molecular weight excluding hydrogens is 257 g/mol. The van der Waals surface area contributed by atoms with E-state index in [4.69, 9.17) is 4.74 Å². The summed E-state index contributed by atoms with van der Waals surface area (Å²) < 4.78 is 17.8. The first-order valence-corrected chi connectivity index (χ1v) is 6.27. The van der Waals surface area contributed by atoms with Gasteiger partial charge in [-0.05, 0) is 42.8 Å². The molecule has 3 nitrogen and oxygen atoms in total. The Balaban J connectivity index is 2.09. The SMILES string of the molecule is CCOC(=O)c1ccc(C=Cc2cccc(F)n2)cc1. The second-order valence-electron chi connectivity index (χ2n) is 4.06. The number of nitrogens with zero attached hydrogens (tertiary/aromatic N) is 1. The molecule has 1 aromatic carbocycles. The van der Waals surface area contributed by atoms with E-state index in [0.29, 0.717) is 17.9 Å². The van der Waals surface area contributed by atoms with Crippen LogP contribution in [0.4, 0.5) is 4.39 Å². The molecule has 0 saturated heterocycles. The minimum absolute atomic E-state index is 0.338. The number of halogens is 1. The van der Waals surface area contributed by atoms with E-state index < -0.39 is 5.95 Å². The summed E-state index contributed by atoms with van der Waals surface area (Å²) in [6.07, 6.45) is 3.51. The van der Waals surface area contributed by atoms with Crippen LogP contribution >= 0.6 is 0 Å². The van der Waals surface area contributed by atoms with Crippen LogP contribution in [0.3, 0.4) is 0 Å². The summed E-state index contributed by atoms with van der Waals surface area (Å²) in [5.41, 5.74) is 1.94. The highest BCUT2D eigenvalue weighted by Gasteiger charge is 2.04. The first kappa shape index (κ1) is 13.9. The van der Waals surface area contributed by atoms with Crippen LogP contribution in [0.2, 0.25) is 0 Å². The molecule has 0 unspecified atom stereocenters. The number of aromatic nitrogens is 1. The molecule has 2 aromatic rings. The van der Waals surface area contributed by atoms with E-state index in [1.54, 1.807) is 55.5 Å². The van der Waals surface area contributed by atoms with E-state index >= 15 is 0 Å². The lowest BCUT2D eigenvalue weighted by atomic mass is 10.1. The summed E-state index contributed by atoms with van der Waals surface area (Å²) in [5.74, 6) is -0.848. The van der Waals surface area contributed by atoms with Gasteiger partial charge in [-0.1, -0.05) is 24.3 Å². The van der Waals surface area contributed by atoms with Gasteiger partial charge in [0.15, 0.2) is 0 Å². The van der Waals surface area contributed by atoms with Gasteiger partial charge in [-0.25, -0.2) is 9.78 Å². The van der Waals surface area contributed by atoms with Gasteiger partial charge in [-0.3, -0.25) is 0 Å². The zero-order chi connectivity index (χ0) is 14.4. The van der Waals surface area contributed by atoms with Gasteiger partial charge in [0, 0.05) is 0 Å². The van der Waals surface area contributed by atoms with E-state index in [1.807, 2.05) is 0 Å². The van der Waals surface area contributed by atoms with E-state index in [1.165, 1.54) is 6.07 Å². The number of carbonyl (C=O) groups excluding carboxylic acids is 1. The minimum atomic E-state index is -0.509. The molecule has 0 aliphatic heterocycles. The summed E-state index contributed by atoms with van der Waals surface area (Å²) in [6.45, 7) is 2.12. The predicted molar refractivity (Wildman–Crippen MR) is 75.5 cm³/mol. The van der Waals surface area contributed by atoms with Crippen molar-refractivity contribution >= 4 is 18.1 Å². The quantitative estimate of drug-likeness (QED) is 0.630. The van der Waals surface area contributed by atoms with Gasteiger partial charge in [0.05, 0.1) is 17.9 Å². The number of ether oxygens (including phenoxy) is 1. The van der Waals surface area contributed by atoms with Crippen LogP contribution in [-0.4, -0.2) is 17.6 Å². The Kier molecular flexibility index (Phi) is 4.60. The Hall–Kier alpha value is -2.49. The Labute approximate surface area is 116 Å². The summed E-state index contributed by atoms with van der Waals surface area (Å²) in [6, 6.07) is 11.6. The molecule has 0 amide bonds. The minimum Gasteiger partial charge on any atom is -0.462 e. The van der Waals surface area contributed by atoms with E-state index in [2.05, 4.69) is 4.98 Å². The van der Waals surface area contributed by atoms with Crippen molar-refractivity contribution in [2.75, 3.05) is 6.61 Å². The first-order valence-electron chi connectivity index (χ1n) is 6.27. The van der Waals surface area contributed by atoms with Crippen molar-refractivity contribution in [3.8, 4) is 0 Å². The molecule has 0 fully saturated rings. The van der Waals surface area contributed by atoms with Crippen LogP contribution in [0.5, 0.6) is 0 Å². The lowest BCUT2D eigenvalue weighted by Crippen LogP contribution is -2.03. The molecule has 0 saturated carbocycles. The maximum atomic E-state index is 12.9. The highest BCUT2D eigenvalue weighted by molar-refractivity contribution is 5.89. The third kappa shape index (κ3) is 3.75. The number of hydrogen-bond acceptors (Lipinski definition) is 3. The molecule has 1 aromatic heterocycles. The number of pyridine rings is 1. The third-order valence-corrected chi connectivity index (χ3v) is 2.61. The molecule has 0 radical (unpaired) electrons. The van der Waals surface area contributed by atoms with E-state index in [-0.39, 0.29) is 5.97 Å². The molecule has 20 heavy (non-hydrogen) atoms. The number of carbonyl (C=O) groups is 1. The fraction of sp³-hybridized carbons (Fsp3) is 0.125. The molecule has 1 heterocycles. The highest BCUT2D eigenvalue weighted by atomic mass is 19.1. The number of rotatable bonds is 4. The number of benzene rings is 1. The fourth-order valence-electron chi connectivity index (χ4n) is 1.64. The smallest absolute Gasteiger partial charge is 0.338 e. The van der Waals surface area contributed by atoms with Crippen molar-refractivity contribution in [2.45, 2.75) is 6.92 Å². The van der Waals surface area contributed by atoms with Crippen molar-refractivity contribution in [3.63, 3.8) is 0 Å². The molecule has 0 N–H and O–H groups in total. The second kappa shape index (κ2) is 6.61. The van der Waals surface area contributed by atoms with Gasteiger partial charge in [0.1, 0.15) is 0 Å². The summed E-state index contributed by atoms with van der Waals surface area (Å²) in [5, 5.41) is 0. The standard InChI is InChI=1S/C16H14FNO2/c1-2-20-16(19)13-9-6-12(7-10-13)8-11-14-4-3-5-15(17)18-14/h3-11H,2H2,1H3. The largest absolute Gasteiger partial charge is 0.462 e. The van der Waals surface area contributed by atoms with Crippen LogP contribution in [0.15, 0.2) is 42.5 Å². The van der Waals surface area contributed by atoms with Gasteiger partial charge >= 0.3 is 5.97 Å². The maximum absolute atomic E-state index is 12.9. The van der Waals surface area contributed by atoms with Gasteiger partial charge < -0.3 is 4.74 Å². The first-order chi connectivity index (χ1) is 9.69. The molecule has 0 aliphatic rings. The zero-order valence-corrected chi connectivity index (χ0v) is 11.0. The summed E-state index contributed by atoms with van der Waals surface area (Å²) >= 11 is 0. The molecule has 0 atom stereocenters. The average molecular weight is 271 g/mol. The topological polar surface area (TPSA) is 39.2 Å². The number of hydrogen-bond donors (Lipinski definition) is 0. The molecule has 0 bridgehead atoms. The van der Waals surface area contributed by atoms with Crippen molar-refractivity contribution in [2.24, 2.45) is 0 Å². The normalized spacial score (nSPS) is 10.7. The molecule has 4 heteroatoms. The molecule has 0 aliphatic carbocycles. The van der Waals surface area contributed by atoms with Gasteiger partial charge in [0.2, 0.25) is 5.95 Å². The van der Waals surface area contributed by atoms with Crippen LogP contribution < -0.4 is 0 Å². The van der Waals surface area contributed by atoms with Crippen molar-refractivity contribution in [3.05, 3.63) is 65.2 Å². The van der Waals surface area contributed by atoms with Crippen LogP contribution in [0, 0.1) is 5.95 Å². The van der Waals surface area contributed by atoms with Crippen LogP contribution in [0.1, 0.15) is 28.5 Å². The highest BCUT2D eigenvalue weighted by Crippen LogP contribution is 2.10. The summed E-state index contributed by atoms with van der Waals surface area (Å²) in [7, 11) is 0. The maximum Gasteiger partial charge on any atom is 0.338 e. The van der Waals surface area contributed by atoms with Gasteiger partial charge in [-0.15, -0.1) is 0 Å². The monoisotopic (exact) mass is 271 g/mol. The summed E-state index contributed by atoms with van der Waals surface area (Å²) in [4.78, 5) is 15.2. The van der Waals surface area contributed by atoms with E-state index in [9.17, 15) is 9.18 Å². The average Bonchev–Trinajstić information content (AvgIpc) is 2.46. The Morgan fingerprint density at radius 1 is 1.20 bits per heavy atom. The Bertz CT molecular complexity index is 621. The van der Waals surface area contributed by atoms with Crippen molar-refractivity contribution in [1.82, 2.24) is 4.98 Å². The Morgan fingerprint density at radius 2 is 1.95 bits per heavy atom. The van der Waals surface area contributed by atoms with Crippen molar-refractivity contribution in [1.29, 1.82) is 0 Å². The molecule has 102 valence electrons. The second-order valence-corrected chi connectivity index (χ2v) is 4.06. The predicted octanol–water partition coefficient (Wildman–Crippen LogP) is 3.57. The van der Waals surface area contributed by atoms with Gasteiger partial charge in [-0.2, -0.15) is 4.39 Å². The third-order valence-electron chi connectivity index (χ3n) is 2.61. The fourth-order valence-corrected chi connectivity index (χ4v) is 1.64. The van der Waals surface area contributed by atoms with E-state index in [0.717, 1.165) is 5.56 Å². The molecular formula is C16H14FNO2. The number of esters is 1. The Morgan fingerprint density at radius 3 is 2.60 bits per heavy atom. The zero-order valence-electron chi connectivity index (χ0n) is 11.0. The molecule has 2 rings (SSSR count). The molecule has 0 spiro atoms. The van der Waals surface area contributed by atoms with Crippen molar-refractivity contribution < 1.29 is 13.9 Å². The lowest BCUT2D eigenvalue weighted by molar-refractivity contribution is 0.0526. The van der Waals surface area contributed by atoms with Crippen LogP contribution in [-0.2, 0) is 4.74 Å². The van der Waals surface area contributed by atoms with Gasteiger partial charge in [0.25, 0.3) is 0 Å². The van der Waals surface area contributed by atoms with Crippen LogP contribution in [0.25, 0.3) is 12.2 Å². The lowest BCUT2D eigenvalue weighted by Gasteiger charge is -2.01.